The Morgan fingerprint density at radius 2 is 1.95 bits per heavy atom. The van der Waals surface area contributed by atoms with Gasteiger partial charge in [-0.3, -0.25) is 4.79 Å². The second-order valence-corrected chi connectivity index (χ2v) is 5.80. The van der Waals surface area contributed by atoms with Crippen molar-refractivity contribution in [2.24, 2.45) is 0 Å². The molecule has 0 spiro atoms. The van der Waals surface area contributed by atoms with Gasteiger partial charge in [-0.15, -0.1) is 0 Å². The monoisotopic (exact) mass is 295 g/mol. The van der Waals surface area contributed by atoms with Crippen molar-refractivity contribution in [3.8, 4) is 11.1 Å². The van der Waals surface area contributed by atoms with Gasteiger partial charge >= 0.3 is 0 Å². The van der Waals surface area contributed by atoms with E-state index in [0.29, 0.717) is 12.1 Å². The van der Waals surface area contributed by atoms with E-state index >= 15 is 0 Å². The minimum Gasteiger partial charge on any atom is -0.376 e. The SMILES string of the molecule is Cc1cccc(-c2cccc(C(=O)NC[C@@H]3CCCO3)c2)c1. The van der Waals surface area contributed by atoms with Crippen molar-refractivity contribution < 1.29 is 9.53 Å². The Labute approximate surface area is 131 Å². The summed E-state index contributed by atoms with van der Waals surface area (Å²) >= 11 is 0. The van der Waals surface area contributed by atoms with E-state index in [2.05, 4.69) is 30.4 Å². The molecular formula is C19H21NO2. The first kappa shape index (κ1) is 14.8. The van der Waals surface area contributed by atoms with Crippen molar-refractivity contribution in [3.63, 3.8) is 0 Å². The molecule has 114 valence electrons. The van der Waals surface area contributed by atoms with Gasteiger partial charge in [0.2, 0.25) is 0 Å². The van der Waals surface area contributed by atoms with Gasteiger partial charge < -0.3 is 10.1 Å². The lowest BCUT2D eigenvalue weighted by Gasteiger charge is -2.11. The van der Waals surface area contributed by atoms with Crippen LogP contribution in [0.4, 0.5) is 0 Å². The Bertz CT molecular complexity index is 660. The van der Waals surface area contributed by atoms with E-state index in [1.165, 1.54) is 5.56 Å². The molecule has 1 saturated heterocycles. The third kappa shape index (κ3) is 3.55. The van der Waals surface area contributed by atoms with Crippen LogP contribution in [0, 0.1) is 6.92 Å². The molecule has 1 heterocycles. The lowest BCUT2D eigenvalue weighted by Crippen LogP contribution is -2.31. The van der Waals surface area contributed by atoms with Crippen LogP contribution in [0.3, 0.4) is 0 Å². The van der Waals surface area contributed by atoms with Crippen LogP contribution in [0.1, 0.15) is 28.8 Å². The molecule has 0 saturated carbocycles. The summed E-state index contributed by atoms with van der Waals surface area (Å²) in [5.74, 6) is -0.0370. The van der Waals surface area contributed by atoms with Gasteiger partial charge in [0.1, 0.15) is 0 Å². The average molecular weight is 295 g/mol. The van der Waals surface area contributed by atoms with Gasteiger partial charge in [-0.05, 0) is 43.0 Å². The molecule has 1 atom stereocenters. The minimum absolute atomic E-state index is 0.0370. The molecule has 2 aromatic rings. The van der Waals surface area contributed by atoms with Gasteiger partial charge in [0.15, 0.2) is 0 Å². The van der Waals surface area contributed by atoms with Gasteiger partial charge in [-0.2, -0.15) is 0 Å². The van der Waals surface area contributed by atoms with Gasteiger partial charge in [-0.1, -0.05) is 42.0 Å². The van der Waals surface area contributed by atoms with E-state index in [9.17, 15) is 4.79 Å². The maximum Gasteiger partial charge on any atom is 0.251 e. The highest BCUT2D eigenvalue weighted by molar-refractivity contribution is 5.95. The Hall–Kier alpha value is -2.13. The zero-order valence-corrected chi connectivity index (χ0v) is 12.8. The highest BCUT2D eigenvalue weighted by Gasteiger charge is 2.16. The predicted octanol–water partition coefficient (Wildman–Crippen LogP) is 3.57. The zero-order chi connectivity index (χ0) is 15.4. The predicted molar refractivity (Wildman–Crippen MR) is 87.9 cm³/mol. The minimum atomic E-state index is -0.0370. The first-order valence-electron chi connectivity index (χ1n) is 7.79. The molecule has 0 unspecified atom stereocenters. The molecule has 1 aliphatic heterocycles. The summed E-state index contributed by atoms with van der Waals surface area (Å²) in [7, 11) is 0. The molecule has 3 nitrogen and oxygen atoms in total. The number of hydrogen-bond acceptors (Lipinski definition) is 2. The molecular weight excluding hydrogens is 274 g/mol. The number of benzene rings is 2. The number of amides is 1. The Kier molecular flexibility index (Phi) is 4.54. The summed E-state index contributed by atoms with van der Waals surface area (Å²) in [4.78, 5) is 12.3. The van der Waals surface area contributed by atoms with E-state index in [-0.39, 0.29) is 12.0 Å². The van der Waals surface area contributed by atoms with Crippen molar-refractivity contribution in [1.29, 1.82) is 0 Å². The summed E-state index contributed by atoms with van der Waals surface area (Å²) in [5, 5.41) is 2.97. The highest BCUT2D eigenvalue weighted by Crippen LogP contribution is 2.21. The van der Waals surface area contributed by atoms with Crippen LogP contribution in [-0.4, -0.2) is 25.2 Å². The van der Waals surface area contributed by atoms with Crippen LogP contribution in [0.2, 0.25) is 0 Å². The van der Waals surface area contributed by atoms with Crippen LogP contribution < -0.4 is 5.32 Å². The van der Waals surface area contributed by atoms with Crippen molar-refractivity contribution in [2.75, 3.05) is 13.2 Å². The summed E-state index contributed by atoms with van der Waals surface area (Å²) in [6.45, 7) is 3.47. The van der Waals surface area contributed by atoms with Gasteiger partial charge in [0.25, 0.3) is 5.91 Å². The van der Waals surface area contributed by atoms with E-state index in [1.54, 1.807) is 0 Å². The first-order valence-corrected chi connectivity index (χ1v) is 7.79. The van der Waals surface area contributed by atoms with Gasteiger partial charge in [0.05, 0.1) is 6.10 Å². The van der Waals surface area contributed by atoms with Crippen LogP contribution in [-0.2, 0) is 4.74 Å². The largest absolute Gasteiger partial charge is 0.376 e. The fraction of sp³-hybridized carbons (Fsp3) is 0.316. The molecule has 1 aliphatic rings. The van der Waals surface area contributed by atoms with Crippen molar-refractivity contribution in [1.82, 2.24) is 5.32 Å². The third-order valence-corrected chi connectivity index (χ3v) is 3.99. The topological polar surface area (TPSA) is 38.3 Å². The second-order valence-electron chi connectivity index (χ2n) is 5.80. The lowest BCUT2D eigenvalue weighted by molar-refractivity contribution is 0.0858. The average Bonchev–Trinajstić information content (AvgIpc) is 3.06. The maximum atomic E-state index is 12.3. The fourth-order valence-electron chi connectivity index (χ4n) is 2.78. The molecule has 3 heteroatoms. The standard InChI is InChI=1S/C19H21NO2/c1-14-5-2-6-15(11-14)16-7-3-8-17(12-16)19(21)20-13-18-9-4-10-22-18/h2-3,5-8,11-12,18H,4,9-10,13H2,1H3,(H,20,21)/t18-/m0/s1. The normalized spacial score (nSPS) is 17.4. The van der Waals surface area contributed by atoms with Gasteiger partial charge in [-0.25, -0.2) is 0 Å². The van der Waals surface area contributed by atoms with E-state index in [0.717, 1.165) is 30.6 Å². The molecule has 22 heavy (non-hydrogen) atoms. The van der Waals surface area contributed by atoms with Crippen LogP contribution in [0.5, 0.6) is 0 Å². The summed E-state index contributed by atoms with van der Waals surface area (Å²) in [6, 6.07) is 16.1. The Morgan fingerprint density at radius 1 is 1.18 bits per heavy atom. The molecule has 1 fully saturated rings. The third-order valence-electron chi connectivity index (χ3n) is 3.99. The molecule has 0 aromatic heterocycles. The molecule has 2 aromatic carbocycles. The molecule has 3 rings (SSSR count). The van der Waals surface area contributed by atoms with E-state index in [4.69, 9.17) is 4.74 Å². The number of aryl methyl sites for hydroxylation is 1. The van der Waals surface area contributed by atoms with Crippen LogP contribution in [0.25, 0.3) is 11.1 Å². The number of carbonyl (C=O) groups excluding carboxylic acids is 1. The van der Waals surface area contributed by atoms with Gasteiger partial charge in [0, 0.05) is 18.7 Å². The fourth-order valence-corrected chi connectivity index (χ4v) is 2.78. The lowest BCUT2D eigenvalue weighted by atomic mass is 10.0. The number of ether oxygens (including phenoxy) is 1. The highest BCUT2D eigenvalue weighted by atomic mass is 16.5. The van der Waals surface area contributed by atoms with Crippen molar-refractivity contribution in [3.05, 3.63) is 59.7 Å². The van der Waals surface area contributed by atoms with Crippen LogP contribution >= 0.6 is 0 Å². The summed E-state index contributed by atoms with van der Waals surface area (Å²) in [5.41, 5.74) is 4.10. The Morgan fingerprint density at radius 3 is 2.68 bits per heavy atom. The molecule has 0 radical (unpaired) electrons. The molecule has 0 bridgehead atoms. The molecule has 1 N–H and O–H groups in total. The smallest absolute Gasteiger partial charge is 0.251 e. The zero-order valence-electron chi connectivity index (χ0n) is 12.8. The maximum absolute atomic E-state index is 12.3. The number of hydrogen-bond donors (Lipinski definition) is 1. The van der Waals surface area contributed by atoms with E-state index in [1.807, 2.05) is 30.3 Å². The summed E-state index contributed by atoms with van der Waals surface area (Å²) in [6.07, 6.45) is 2.29. The number of rotatable bonds is 4. The number of carbonyl (C=O) groups is 1. The van der Waals surface area contributed by atoms with E-state index < -0.39 is 0 Å². The van der Waals surface area contributed by atoms with Crippen LogP contribution in [0.15, 0.2) is 48.5 Å². The molecule has 1 amide bonds. The summed E-state index contributed by atoms with van der Waals surface area (Å²) < 4.78 is 5.53. The van der Waals surface area contributed by atoms with Crippen molar-refractivity contribution in [2.45, 2.75) is 25.9 Å². The number of nitrogens with one attached hydrogen (secondary N) is 1. The quantitative estimate of drug-likeness (QED) is 0.936. The Balaban J connectivity index is 1.71. The first-order chi connectivity index (χ1) is 10.7. The second kappa shape index (κ2) is 6.75. The van der Waals surface area contributed by atoms with Crippen molar-refractivity contribution >= 4 is 5.91 Å². The molecule has 0 aliphatic carbocycles.